The van der Waals surface area contributed by atoms with E-state index in [1.165, 1.54) is 0 Å². The van der Waals surface area contributed by atoms with Crippen LogP contribution in [0.2, 0.25) is 0 Å². The summed E-state index contributed by atoms with van der Waals surface area (Å²) < 4.78 is 22.4. The maximum absolute atomic E-state index is 14.7. The first kappa shape index (κ1) is 34.2. The fourth-order valence-corrected chi connectivity index (χ4v) is 5.92. The molecule has 0 spiro atoms. The summed E-state index contributed by atoms with van der Waals surface area (Å²) in [5.41, 5.74) is 6.17. The van der Waals surface area contributed by atoms with Gasteiger partial charge in [-0.2, -0.15) is 0 Å². The highest BCUT2D eigenvalue weighted by atomic mass is 16.6. The van der Waals surface area contributed by atoms with Crippen molar-refractivity contribution in [3.63, 3.8) is 0 Å². The monoisotopic (exact) mass is 640 g/mol. The highest BCUT2D eigenvalue weighted by Crippen LogP contribution is 2.36. The number of amides is 2. The zero-order valence-electron chi connectivity index (χ0n) is 28.4. The molecule has 250 valence electrons. The van der Waals surface area contributed by atoms with Crippen molar-refractivity contribution in [1.29, 1.82) is 0 Å². The third kappa shape index (κ3) is 9.46. The Morgan fingerprint density at radius 3 is 2.30 bits per heavy atom. The Morgan fingerprint density at radius 1 is 0.872 bits per heavy atom. The second-order valence-corrected chi connectivity index (χ2v) is 13.3. The van der Waals surface area contributed by atoms with Crippen LogP contribution < -0.4 is 4.74 Å². The number of hydrogen-bond acceptors (Lipinski definition) is 6. The summed E-state index contributed by atoms with van der Waals surface area (Å²) in [6, 6.07) is 24.8. The molecule has 1 saturated carbocycles. The van der Waals surface area contributed by atoms with E-state index in [4.69, 9.17) is 18.9 Å². The van der Waals surface area contributed by atoms with Gasteiger partial charge in [-0.1, -0.05) is 54.6 Å². The van der Waals surface area contributed by atoms with Crippen LogP contribution in [0, 0.1) is 0 Å². The molecule has 0 unspecified atom stereocenters. The Bertz CT molecular complexity index is 1560. The topological polar surface area (TPSA) is 77.5 Å². The molecular weight excluding hydrogens is 592 g/mol. The molecule has 2 amide bonds. The quantitative estimate of drug-likeness (QED) is 0.180. The minimum atomic E-state index is -0.632. The zero-order chi connectivity index (χ0) is 33.4. The van der Waals surface area contributed by atoms with E-state index in [1.54, 1.807) is 19.1 Å². The second-order valence-electron chi connectivity index (χ2n) is 13.3. The molecule has 3 aromatic rings. The molecule has 8 nitrogen and oxygen atoms in total. The highest BCUT2D eigenvalue weighted by molar-refractivity contribution is 6.03. The van der Waals surface area contributed by atoms with Gasteiger partial charge in [-0.3, -0.25) is 4.79 Å². The van der Waals surface area contributed by atoms with Crippen LogP contribution in [0.1, 0.15) is 63.1 Å². The normalized spacial score (nSPS) is 15.0. The summed E-state index contributed by atoms with van der Waals surface area (Å²) in [6.07, 6.45) is 2.88. The minimum absolute atomic E-state index is 0.0407. The molecule has 2 aliphatic rings. The second kappa shape index (κ2) is 15.6. The van der Waals surface area contributed by atoms with Crippen LogP contribution >= 0.6 is 0 Å². The largest absolute Gasteiger partial charge is 0.497 e. The van der Waals surface area contributed by atoms with Gasteiger partial charge in [0.25, 0.3) is 5.91 Å². The maximum atomic E-state index is 14.7. The molecule has 0 saturated heterocycles. The van der Waals surface area contributed by atoms with Gasteiger partial charge in [0.15, 0.2) is 0 Å². The number of benzene rings is 3. The van der Waals surface area contributed by atoms with Crippen LogP contribution in [0.15, 0.2) is 78.4 Å². The van der Waals surface area contributed by atoms with E-state index in [2.05, 4.69) is 36.4 Å². The number of carbonyl (C=O) groups excluding carboxylic acids is 2. The lowest BCUT2D eigenvalue weighted by Gasteiger charge is -2.34. The smallest absolute Gasteiger partial charge is 0.410 e. The molecule has 47 heavy (non-hydrogen) atoms. The van der Waals surface area contributed by atoms with Crippen molar-refractivity contribution >= 4 is 17.6 Å². The summed E-state index contributed by atoms with van der Waals surface area (Å²) in [7, 11) is 3.34. The van der Waals surface area contributed by atoms with E-state index in [9.17, 15) is 9.59 Å². The lowest BCUT2D eigenvalue weighted by atomic mass is 9.90. The lowest BCUT2D eigenvalue weighted by Crippen LogP contribution is -2.44. The van der Waals surface area contributed by atoms with Gasteiger partial charge in [-0.05, 0) is 98.0 Å². The number of hydrogen-bond donors (Lipinski definition) is 0. The fraction of sp³-hybridized carbons (Fsp3) is 0.436. The Balaban J connectivity index is 1.46. The van der Waals surface area contributed by atoms with Crippen molar-refractivity contribution in [1.82, 2.24) is 9.80 Å². The van der Waals surface area contributed by atoms with Crippen LogP contribution in [-0.2, 0) is 32.2 Å². The average molecular weight is 641 g/mol. The summed E-state index contributed by atoms with van der Waals surface area (Å²) in [4.78, 5) is 31.6. The summed E-state index contributed by atoms with van der Waals surface area (Å²) in [6.45, 7) is 8.39. The number of nitrogens with zero attached hydrogens (tertiary/aromatic N) is 2. The Labute approximate surface area is 279 Å². The van der Waals surface area contributed by atoms with E-state index in [1.807, 2.05) is 62.1 Å². The molecule has 1 heterocycles. The van der Waals surface area contributed by atoms with Crippen LogP contribution in [0.25, 0.3) is 16.7 Å². The van der Waals surface area contributed by atoms with Crippen molar-refractivity contribution in [3.8, 4) is 16.9 Å². The third-order valence-electron chi connectivity index (χ3n) is 8.34. The Morgan fingerprint density at radius 2 is 1.60 bits per heavy atom. The predicted molar refractivity (Wildman–Crippen MR) is 184 cm³/mol. The third-order valence-corrected chi connectivity index (χ3v) is 8.34. The fourth-order valence-electron chi connectivity index (χ4n) is 5.92. The van der Waals surface area contributed by atoms with Crippen molar-refractivity contribution in [2.75, 3.05) is 40.5 Å². The van der Waals surface area contributed by atoms with E-state index in [-0.39, 0.29) is 18.5 Å². The molecule has 5 rings (SSSR count). The van der Waals surface area contributed by atoms with Crippen molar-refractivity contribution < 1.29 is 28.5 Å². The number of rotatable bonds is 13. The minimum Gasteiger partial charge on any atom is -0.497 e. The molecule has 8 heteroatoms. The lowest BCUT2D eigenvalue weighted by molar-refractivity contribution is -0.128. The van der Waals surface area contributed by atoms with Gasteiger partial charge in [-0.15, -0.1) is 0 Å². The van der Waals surface area contributed by atoms with Gasteiger partial charge in [0, 0.05) is 45.0 Å². The number of carbonyl (C=O) groups is 2. The molecule has 1 aliphatic carbocycles. The van der Waals surface area contributed by atoms with Crippen LogP contribution in [0.4, 0.5) is 4.79 Å². The van der Waals surface area contributed by atoms with E-state index in [0.717, 1.165) is 58.4 Å². The SMILES string of the molecule is COCCCOCc1cc(CN(C(=O)C2=C(c3cccc(-c4ccccc4)c3)CCN(C(=O)OC(C)(C)C)C2)C2CC2)cc(OC)c1. The first-order valence-corrected chi connectivity index (χ1v) is 16.6. The molecule has 3 aromatic carbocycles. The molecule has 0 atom stereocenters. The van der Waals surface area contributed by atoms with Crippen LogP contribution in [0.5, 0.6) is 5.75 Å². The van der Waals surface area contributed by atoms with E-state index < -0.39 is 11.7 Å². The molecule has 0 bridgehead atoms. The van der Waals surface area contributed by atoms with Gasteiger partial charge in [0.05, 0.1) is 20.3 Å². The molecule has 0 N–H and O–H groups in total. The van der Waals surface area contributed by atoms with Crippen LogP contribution in [-0.4, -0.2) is 74.0 Å². The van der Waals surface area contributed by atoms with Crippen molar-refractivity contribution in [2.24, 2.45) is 0 Å². The number of methoxy groups -OCH3 is 2. The molecule has 0 aromatic heterocycles. The summed E-state index contributed by atoms with van der Waals surface area (Å²) in [5.74, 6) is 0.689. The average Bonchev–Trinajstić information content (AvgIpc) is 3.92. The van der Waals surface area contributed by atoms with Gasteiger partial charge >= 0.3 is 6.09 Å². The van der Waals surface area contributed by atoms with Gasteiger partial charge in [0.1, 0.15) is 11.4 Å². The Hall–Kier alpha value is -4.14. The first-order chi connectivity index (χ1) is 22.6. The van der Waals surface area contributed by atoms with Crippen LogP contribution in [0.3, 0.4) is 0 Å². The van der Waals surface area contributed by atoms with E-state index in [0.29, 0.717) is 44.9 Å². The molecule has 1 aliphatic heterocycles. The first-order valence-electron chi connectivity index (χ1n) is 16.6. The van der Waals surface area contributed by atoms with Gasteiger partial charge in [-0.25, -0.2) is 4.79 Å². The van der Waals surface area contributed by atoms with Crippen molar-refractivity contribution in [2.45, 2.75) is 71.2 Å². The highest BCUT2D eigenvalue weighted by Gasteiger charge is 2.38. The van der Waals surface area contributed by atoms with Gasteiger partial charge in [0.2, 0.25) is 0 Å². The molecule has 1 fully saturated rings. The molecular formula is C39H48N2O6. The predicted octanol–water partition coefficient (Wildman–Crippen LogP) is 7.50. The number of ether oxygens (including phenoxy) is 4. The van der Waals surface area contributed by atoms with Gasteiger partial charge < -0.3 is 28.7 Å². The van der Waals surface area contributed by atoms with Crippen molar-refractivity contribution in [3.05, 3.63) is 95.1 Å². The maximum Gasteiger partial charge on any atom is 0.410 e. The summed E-state index contributed by atoms with van der Waals surface area (Å²) in [5, 5.41) is 0. The standard InChI is InChI=1S/C39H48N2O6/c1-39(2,3)47-38(43)40-18-17-35(32-14-9-13-31(24-32)30-11-7-6-8-12-30)36(26-40)37(42)41(33-15-16-33)25-28-21-29(23-34(22-28)45-5)27-46-20-10-19-44-4/h6-9,11-14,21-24,33H,10,15-20,25-27H2,1-5H3. The van der Waals surface area contributed by atoms with E-state index >= 15 is 0 Å². The molecule has 0 radical (unpaired) electrons. The summed E-state index contributed by atoms with van der Waals surface area (Å²) >= 11 is 0. The Kier molecular flexibility index (Phi) is 11.4. The zero-order valence-corrected chi connectivity index (χ0v) is 28.4.